The highest BCUT2D eigenvalue weighted by atomic mass is 16.4. The molecule has 1 saturated heterocycles. The summed E-state index contributed by atoms with van der Waals surface area (Å²) < 4.78 is 5.40. The fraction of sp³-hybridized carbons (Fsp3) is 0.643. The predicted molar refractivity (Wildman–Crippen MR) is 72.4 cm³/mol. The van der Waals surface area contributed by atoms with E-state index in [4.69, 9.17) is 9.52 Å². The van der Waals surface area contributed by atoms with Gasteiger partial charge in [0, 0.05) is 24.7 Å². The van der Waals surface area contributed by atoms with Crippen LogP contribution < -0.4 is 0 Å². The third kappa shape index (κ3) is 3.36. The molecule has 0 amide bonds. The molecule has 2 rings (SSSR count). The normalized spacial score (nSPS) is 18.1. The molecule has 2 heterocycles. The number of carboxylic acids is 1. The monoisotopic (exact) mass is 266 g/mol. The molecular weight excluding hydrogens is 244 g/mol. The van der Waals surface area contributed by atoms with E-state index in [9.17, 15) is 4.79 Å². The van der Waals surface area contributed by atoms with Gasteiger partial charge in [0.1, 0.15) is 5.76 Å². The summed E-state index contributed by atoms with van der Waals surface area (Å²) in [5, 5.41) is 8.97. The molecule has 1 aliphatic heterocycles. The minimum atomic E-state index is -0.991. The van der Waals surface area contributed by atoms with Crippen LogP contribution in [0.2, 0.25) is 0 Å². The zero-order valence-electron chi connectivity index (χ0n) is 11.8. The van der Waals surface area contributed by atoms with Crippen LogP contribution in [0.3, 0.4) is 0 Å². The summed E-state index contributed by atoms with van der Waals surface area (Å²) in [5.74, 6) is -0.175. The number of carboxylic acid groups (broad SMARTS) is 1. The summed E-state index contributed by atoms with van der Waals surface area (Å²) >= 11 is 0. The zero-order chi connectivity index (χ0) is 14.0. The Kier molecular flexibility index (Phi) is 4.27. The maximum atomic E-state index is 10.9. The Labute approximate surface area is 113 Å². The number of likely N-dealkylation sites (tertiary alicyclic amines) is 1. The quantitative estimate of drug-likeness (QED) is 0.900. The molecule has 0 bridgehead atoms. The largest absolute Gasteiger partial charge is 0.475 e. The predicted octanol–water partition coefficient (Wildman–Crippen LogP) is 1.81. The number of piperidine rings is 1. The smallest absolute Gasteiger partial charge is 0.372 e. The van der Waals surface area contributed by atoms with Crippen LogP contribution in [0.5, 0.6) is 0 Å². The lowest BCUT2D eigenvalue weighted by Gasteiger charge is -2.34. The van der Waals surface area contributed by atoms with E-state index in [0.717, 1.165) is 31.7 Å². The van der Waals surface area contributed by atoms with Crippen LogP contribution in [0.25, 0.3) is 0 Å². The van der Waals surface area contributed by atoms with Crippen molar-refractivity contribution in [1.82, 2.24) is 9.80 Å². The average molecular weight is 266 g/mol. The standard InChI is InChI=1S/C14H22N2O3/c1-10-8-12(19-13(10)14(17)18)9-16-6-4-11(5-7-16)15(2)3/h8,11H,4-7,9H2,1-3H3,(H,17,18). The van der Waals surface area contributed by atoms with E-state index in [1.165, 1.54) is 0 Å². The van der Waals surface area contributed by atoms with Crippen molar-refractivity contribution in [3.63, 3.8) is 0 Å². The molecule has 5 nitrogen and oxygen atoms in total. The molecule has 0 unspecified atom stereocenters. The second-order valence-corrected chi connectivity index (χ2v) is 5.50. The van der Waals surface area contributed by atoms with E-state index in [0.29, 0.717) is 18.2 Å². The number of hydrogen-bond donors (Lipinski definition) is 1. The third-order valence-corrected chi connectivity index (χ3v) is 3.83. The van der Waals surface area contributed by atoms with Crippen molar-refractivity contribution >= 4 is 5.97 Å². The van der Waals surface area contributed by atoms with Gasteiger partial charge in [0.05, 0.1) is 6.54 Å². The third-order valence-electron chi connectivity index (χ3n) is 3.83. The van der Waals surface area contributed by atoms with Crippen molar-refractivity contribution in [3.8, 4) is 0 Å². The van der Waals surface area contributed by atoms with Gasteiger partial charge in [-0.15, -0.1) is 0 Å². The number of carbonyl (C=O) groups is 1. The van der Waals surface area contributed by atoms with Gasteiger partial charge >= 0.3 is 5.97 Å². The van der Waals surface area contributed by atoms with E-state index in [-0.39, 0.29) is 5.76 Å². The molecule has 0 spiro atoms. The molecule has 0 atom stereocenters. The van der Waals surface area contributed by atoms with E-state index < -0.39 is 5.97 Å². The number of nitrogens with zero attached hydrogens (tertiary/aromatic N) is 2. The number of aryl methyl sites for hydroxylation is 1. The van der Waals surface area contributed by atoms with E-state index in [2.05, 4.69) is 23.9 Å². The van der Waals surface area contributed by atoms with Crippen LogP contribution in [0.4, 0.5) is 0 Å². The molecule has 1 aliphatic rings. The van der Waals surface area contributed by atoms with Gasteiger partial charge < -0.3 is 14.4 Å². The molecule has 106 valence electrons. The van der Waals surface area contributed by atoms with Crippen molar-refractivity contribution in [2.24, 2.45) is 0 Å². The first-order chi connectivity index (χ1) is 8.97. The second-order valence-electron chi connectivity index (χ2n) is 5.50. The molecule has 0 saturated carbocycles. The van der Waals surface area contributed by atoms with Gasteiger partial charge in [-0.2, -0.15) is 0 Å². The van der Waals surface area contributed by atoms with Crippen molar-refractivity contribution < 1.29 is 14.3 Å². The molecule has 1 aromatic heterocycles. The molecular formula is C14H22N2O3. The summed E-state index contributed by atoms with van der Waals surface area (Å²) in [6.45, 7) is 4.54. The van der Waals surface area contributed by atoms with Gasteiger partial charge in [0.2, 0.25) is 5.76 Å². The Morgan fingerprint density at radius 2 is 2.11 bits per heavy atom. The lowest BCUT2D eigenvalue weighted by molar-refractivity contribution is 0.0655. The van der Waals surface area contributed by atoms with Gasteiger partial charge in [0.15, 0.2) is 0 Å². The number of rotatable bonds is 4. The Hall–Kier alpha value is -1.33. The molecule has 1 fully saturated rings. The lowest BCUT2D eigenvalue weighted by atomic mass is 10.0. The molecule has 0 aliphatic carbocycles. The fourth-order valence-corrected chi connectivity index (χ4v) is 2.65. The van der Waals surface area contributed by atoms with Crippen molar-refractivity contribution in [2.45, 2.75) is 32.4 Å². The number of furan rings is 1. The van der Waals surface area contributed by atoms with Crippen LogP contribution in [0.1, 0.15) is 34.7 Å². The first-order valence-corrected chi connectivity index (χ1v) is 6.68. The highest BCUT2D eigenvalue weighted by molar-refractivity contribution is 5.86. The molecule has 0 radical (unpaired) electrons. The second kappa shape index (κ2) is 5.75. The Morgan fingerprint density at radius 1 is 1.47 bits per heavy atom. The summed E-state index contributed by atoms with van der Waals surface area (Å²) in [6, 6.07) is 2.49. The van der Waals surface area contributed by atoms with Gasteiger partial charge in [-0.1, -0.05) is 0 Å². The number of hydrogen-bond acceptors (Lipinski definition) is 4. The minimum absolute atomic E-state index is 0.0678. The van der Waals surface area contributed by atoms with Gasteiger partial charge in [-0.05, 0) is 39.9 Å². The van der Waals surface area contributed by atoms with E-state index in [1.54, 1.807) is 6.92 Å². The number of aromatic carboxylic acids is 1. The lowest BCUT2D eigenvalue weighted by Crippen LogP contribution is -2.41. The summed E-state index contributed by atoms with van der Waals surface area (Å²) in [5.41, 5.74) is 0.700. The van der Waals surface area contributed by atoms with Crippen LogP contribution >= 0.6 is 0 Å². The van der Waals surface area contributed by atoms with Crippen LogP contribution in [-0.4, -0.2) is 54.1 Å². The average Bonchev–Trinajstić information content (AvgIpc) is 2.71. The Morgan fingerprint density at radius 3 is 2.58 bits per heavy atom. The van der Waals surface area contributed by atoms with Crippen molar-refractivity contribution in [1.29, 1.82) is 0 Å². The van der Waals surface area contributed by atoms with Gasteiger partial charge in [0.25, 0.3) is 0 Å². The maximum Gasteiger partial charge on any atom is 0.372 e. The van der Waals surface area contributed by atoms with Gasteiger partial charge in [-0.25, -0.2) is 4.79 Å². The minimum Gasteiger partial charge on any atom is -0.475 e. The van der Waals surface area contributed by atoms with Crippen molar-refractivity contribution in [3.05, 3.63) is 23.2 Å². The molecule has 19 heavy (non-hydrogen) atoms. The van der Waals surface area contributed by atoms with Crippen molar-refractivity contribution in [2.75, 3.05) is 27.2 Å². The molecule has 0 aromatic carbocycles. The summed E-state index contributed by atoms with van der Waals surface area (Å²) in [4.78, 5) is 15.5. The van der Waals surface area contributed by atoms with Crippen LogP contribution in [0, 0.1) is 6.92 Å². The summed E-state index contributed by atoms with van der Waals surface area (Å²) in [7, 11) is 4.24. The first kappa shape index (κ1) is 14.1. The Balaban J connectivity index is 1.92. The highest BCUT2D eigenvalue weighted by Gasteiger charge is 2.22. The molecule has 1 N–H and O–H groups in total. The molecule has 1 aromatic rings. The topological polar surface area (TPSA) is 56.9 Å². The van der Waals surface area contributed by atoms with Gasteiger partial charge in [-0.3, -0.25) is 4.90 Å². The van der Waals surface area contributed by atoms with Crippen LogP contribution in [-0.2, 0) is 6.54 Å². The fourth-order valence-electron chi connectivity index (χ4n) is 2.65. The zero-order valence-corrected chi connectivity index (χ0v) is 11.8. The SMILES string of the molecule is Cc1cc(CN2CCC(N(C)C)CC2)oc1C(=O)O. The summed E-state index contributed by atoms with van der Waals surface area (Å²) in [6.07, 6.45) is 2.30. The van der Waals surface area contributed by atoms with E-state index in [1.807, 2.05) is 6.07 Å². The maximum absolute atomic E-state index is 10.9. The Bertz CT molecular complexity index is 446. The first-order valence-electron chi connectivity index (χ1n) is 6.68. The highest BCUT2D eigenvalue weighted by Crippen LogP contribution is 2.20. The van der Waals surface area contributed by atoms with E-state index >= 15 is 0 Å². The molecule has 5 heteroatoms. The van der Waals surface area contributed by atoms with Crippen LogP contribution in [0.15, 0.2) is 10.5 Å².